The number of carboxylic acid groups (broad SMARTS) is 2. The van der Waals surface area contributed by atoms with Gasteiger partial charge in [0.15, 0.2) is 10.6 Å². The Labute approximate surface area is 308 Å². The van der Waals surface area contributed by atoms with Gasteiger partial charge in [0.25, 0.3) is 0 Å². The molecule has 1 aliphatic carbocycles. The topological polar surface area (TPSA) is 177 Å². The third-order valence-corrected chi connectivity index (χ3v) is 11.8. The second-order valence-corrected chi connectivity index (χ2v) is 15.2. The first-order chi connectivity index (χ1) is 24.3. The van der Waals surface area contributed by atoms with Crippen LogP contribution in [0.1, 0.15) is 56.4 Å². The summed E-state index contributed by atoms with van der Waals surface area (Å²) in [6, 6.07) is 12.8. The molecule has 2 atom stereocenters. The quantitative estimate of drug-likeness (QED) is 0.202. The third-order valence-electron chi connectivity index (χ3n) is 9.81. The van der Waals surface area contributed by atoms with Gasteiger partial charge in [0.05, 0.1) is 42.7 Å². The van der Waals surface area contributed by atoms with Crippen molar-refractivity contribution in [1.29, 1.82) is 0 Å². The van der Waals surface area contributed by atoms with Crippen molar-refractivity contribution in [3.8, 4) is 0 Å². The average Bonchev–Trinajstić information content (AvgIpc) is 3.55. The molecule has 5 rings (SSSR count). The van der Waals surface area contributed by atoms with Gasteiger partial charge in [-0.05, 0) is 53.7 Å². The van der Waals surface area contributed by atoms with Crippen LogP contribution in [0.4, 0.5) is 0 Å². The van der Waals surface area contributed by atoms with Crippen LogP contribution in [0.15, 0.2) is 76.0 Å². The maximum Gasteiger partial charge on any atom is 0.334 e. The van der Waals surface area contributed by atoms with Crippen molar-refractivity contribution in [1.82, 2.24) is 15.1 Å². The van der Waals surface area contributed by atoms with Crippen LogP contribution in [0, 0.1) is 5.41 Å². The number of dihydropyridines is 1. The predicted octanol–water partition coefficient (Wildman–Crippen LogP) is 4.74. The van der Waals surface area contributed by atoms with Crippen molar-refractivity contribution in [2.24, 2.45) is 5.41 Å². The van der Waals surface area contributed by atoms with Crippen molar-refractivity contribution in [2.75, 3.05) is 39.0 Å². The minimum absolute atomic E-state index is 0.0212. The van der Waals surface area contributed by atoms with E-state index < -0.39 is 57.9 Å². The SMILES string of the molecule is COC(=O)CC1(CC(=O)N2CCN(C(=O)CC3=C(C(=O)O)C(c4c(Cl)cccc4Cl)C(C(=O)O)=C(C[S+]([O-])c4ccccc4)N3)CC2)CCCC1. The highest BCUT2D eigenvalue weighted by molar-refractivity contribution is 7.91. The number of benzene rings is 2. The Balaban J connectivity index is 1.40. The van der Waals surface area contributed by atoms with Gasteiger partial charge in [-0.3, -0.25) is 14.4 Å². The molecule has 0 radical (unpaired) electrons. The smallest absolute Gasteiger partial charge is 0.334 e. The van der Waals surface area contributed by atoms with Gasteiger partial charge in [-0.1, -0.05) is 60.3 Å². The number of amides is 2. The van der Waals surface area contributed by atoms with Gasteiger partial charge in [0.1, 0.15) is 0 Å². The molecule has 0 spiro atoms. The van der Waals surface area contributed by atoms with Crippen LogP contribution in [-0.4, -0.2) is 93.3 Å². The van der Waals surface area contributed by atoms with E-state index in [-0.39, 0.29) is 83.7 Å². The van der Waals surface area contributed by atoms with Crippen LogP contribution in [0.3, 0.4) is 0 Å². The minimum atomic E-state index is -1.75. The predicted molar refractivity (Wildman–Crippen MR) is 189 cm³/mol. The Kier molecular flexibility index (Phi) is 12.4. The fourth-order valence-electron chi connectivity index (χ4n) is 7.25. The summed E-state index contributed by atoms with van der Waals surface area (Å²) >= 11 is 11.3. The van der Waals surface area contributed by atoms with E-state index in [2.05, 4.69) is 5.32 Å². The summed E-state index contributed by atoms with van der Waals surface area (Å²) in [5.74, 6) is -5.68. The normalized spacial score (nSPS) is 19.4. The first-order valence-electron chi connectivity index (χ1n) is 16.5. The number of rotatable bonds is 12. The highest BCUT2D eigenvalue weighted by atomic mass is 35.5. The number of nitrogens with zero attached hydrogens (tertiary/aromatic N) is 2. The number of hydrogen-bond acceptors (Lipinski definition) is 8. The number of esters is 1. The van der Waals surface area contributed by atoms with Crippen molar-refractivity contribution < 1.29 is 43.5 Å². The Morgan fingerprint density at radius 1 is 0.843 bits per heavy atom. The number of carbonyl (C=O) groups is 5. The van der Waals surface area contributed by atoms with Crippen molar-refractivity contribution in [2.45, 2.75) is 55.8 Å². The number of piperazine rings is 1. The molecule has 15 heteroatoms. The summed E-state index contributed by atoms with van der Waals surface area (Å²) in [4.78, 5) is 68.7. The van der Waals surface area contributed by atoms with Gasteiger partial charge in [-0.15, -0.1) is 0 Å². The molecule has 1 saturated heterocycles. The third kappa shape index (κ3) is 8.71. The molecule has 0 aromatic heterocycles. The Bertz CT molecular complexity index is 1730. The first kappa shape index (κ1) is 38.2. The van der Waals surface area contributed by atoms with E-state index >= 15 is 0 Å². The molecule has 2 aromatic carbocycles. The van der Waals surface area contributed by atoms with Gasteiger partial charge >= 0.3 is 17.9 Å². The number of aliphatic carboxylic acids is 2. The molecule has 2 unspecified atom stereocenters. The molecule has 3 N–H and O–H groups in total. The Hall–Kier alpha value is -4.04. The lowest BCUT2D eigenvalue weighted by Gasteiger charge is -2.37. The summed E-state index contributed by atoms with van der Waals surface area (Å²) in [6.07, 6.45) is 3.34. The highest BCUT2D eigenvalue weighted by Gasteiger charge is 2.43. The van der Waals surface area contributed by atoms with Gasteiger partial charge < -0.3 is 34.6 Å². The molecule has 2 aliphatic heterocycles. The molecule has 2 amide bonds. The number of carboxylic acids is 2. The molecule has 2 heterocycles. The largest absolute Gasteiger partial charge is 0.611 e. The second kappa shape index (κ2) is 16.5. The van der Waals surface area contributed by atoms with E-state index in [1.165, 1.54) is 30.2 Å². The fourth-order valence-corrected chi connectivity index (χ4v) is 8.98. The molecule has 12 nitrogen and oxygen atoms in total. The summed E-state index contributed by atoms with van der Waals surface area (Å²) in [6.45, 7) is 0.870. The summed E-state index contributed by atoms with van der Waals surface area (Å²) in [5.41, 5.74) is -1.35. The van der Waals surface area contributed by atoms with E-state index in [0.717, 1.165) is 25.7 Å². The van der Waals surface area contributed by atoms with E-state index in [0.29, 0.717) is 4.90 Å². The first-order valence-corrected chi connectivity index (χ1v) is 18.6. The molecule has 2 fully saturated rings. The lowest BCUT2D eigenvalue weighted by molar-refractivity contribution is -0.146. The molecule has 3 aliphatic rings. The second-order valence-electron chi connectivity index (χ2n) is 13.0. The Morgan fingerprint density at radius 3 is 1.94 bits per heavy atom. The zero-order chi connectivity index (χ0) is 36.9. The van der Waals surface area contributed by atoms with Gasteiger partial charge in [-0.25, -0.2) is 9.59 Å². The number of ether oxygens (including phenoxy) is 1. The molecule has 51 heavy (non-hydrogen) atoms. The zero-order valence-electron chi connectivity index (χ0n) is 28.0. The van der Waals surface area contributed by atoms with Crippen LogP contribution >= 0.6 is 23.2 Å². The van der Waals surface area contributed by atoms with Gasteiger partial charge in [0, 0.05) is 53.9 Å². The van der Waals surface area contributed by atoms with Crippen molar-refractivity contribution in [3.63, 3.8) is 0 Å². The number of hydrogen-bond donors (Lipinski definition) is 3. The highest BCUT2D eigenvalue weighted by Crippen LogP contribution is 2.46. The summed E-state index contributed by atoms with van der Waals surface area (Å²) in [5, 5.41) is 23.9. The van der Waals surface area contributed by atoms with Crippen molar-refractivity contribution >= 4 is 64.1 Å². The van der Waals surface area contributed by atoms with Gasteiger partial charge in [-0.2, -0.15) is 0 Å². The zero-order valence-corrected chi connectivity index (χ0v) is 30.3. The number of methoxy groups -OCH3 is 1. The molecule has 1 saturated carbocycles. The Morgan fingerprint density at radius 2 is 1.39 bits per heavy atom. The van der Waals surface area contributed by atoms with Crippen molar-refractivity contribution in [3.05, 3.63) is 86.7 Å². The maximum atomic E-state index is 13.8. The lowest BCUT2D eigenvalue weighted by atomic mass is 9.79. The van der Waals surface area contributed by atoms with E-state index in [9.17, 15) is 38.7 Å². The van der Waals surface area contributed by atoms with E-state index in [1.54, 1.807) is 35.2 Å². The maximum absolute atomic E-state index is 13.8. The molecule has 2 aromatic rings. The van der Waals surface area contributed by atoms with Crippen LogP contribution in [0.25, 0.3) is 0 Å². The fraction of sp³-hybridized carbons (Fsp3) is 0.417. The molecular weight excluding hydrogens is 721 g/mol. The standard InChI is InChI=1S/C36H39Cl2N3O9S/c1-50-29(44)20-36(12-5-6-13-36)19-28(43)41-16-14-40(15-17-41)27(42)18-25-31(34(45)46)33(30-23(37)10-7-11-24(30)38)32(35(47)48)26(39-25)21-51(49)22-8-3-2-4-9-22/h2-4,7-11,33,39H,5-6,12-21H2,1H3,(H,45,46)(H,47,48). The number of carbonyl (C=O) groups excluding carboxylic acids is 3. The number of halogens is 2. The lowest BCUT2D eigenvalue weighted by Crippen LogP contribution is -2.51. The van der Waals surface area contributed by atoms with E-state index in [1.807, 2.05) is 0 Å². The number of nitrogens with one attached hydrogen (secondary N) is 1. The summed E-state index contributed by atoms with van der Waals surface area (Å²) < 4.78 is 18.3. The summed E-state index contributed by atoms with van der Waals surface area (Å²) in [7, 11) is 1.33. The van der Waals surface area contributed by atoms with Crippen LogP contribution in [0.5, 0.6) is 0 Å². The van der Waals surface area contributed by atoms with Crippen LogP contribution in [0.2, 0.25) is 10.0 Å². The van der Waals surface area contributed by atoms with Crippen LogP contribution in [-0.2, 0) is 39.9 Å². The molecule has 0 bridgehead atoms. The average molecular weight is 761 g/mol. The monoisotopic (exact) mass is 759 g/mol. The molecule has 272 valence electrons. The minimum Gasteiger partial charge on any atom is -0.611 e. The van der Waals surface area contributed by atoms with Crippen LogP contribution < -0.4 is 5.32 Å². The van der Waals surface area contributed by atoms with Gasteiger partial charge in [0.2, 0.25) is 11.8 Å². The molecular formula is C36H39Cl2N3O9S. The van der Waals surface area contributed by atoms with E-state index in [4.69, 9.17) is 27.9 Å².